The maximum atomic E-state index is 13.0. The number of amides is 1. The average Bonchev–Trinajstić information content (AvgIpc) is 2.74. The van der Waals surface area contributed by atoms with E-state index in [1.54, 1.807) is 43.3 Å². The van der Waals surface area contributed by atoms with Crippen molar-refractivity contribution in [1.82, 2.24) is 5.32 Å². The molecule has 0 aliphatic rings. The molecule has 1 amide bonds. The Kier molecular flexibility index (Phi) is 6.57. The fraction of sp³-hybridized carbons (Fsp3) is 0.208. The molecule has 0 radical (unpaired) electrons. The number of carbonyl (C=O) groups is 1. The van der Waals surface area contributed by atoms with Crippen LogP contribution in [0.2, 0.25) is 0 Å². The van der Waals surface area contributed by atoms with Crippen LogP contribution in [0, 0.1) is 13.8 Å². The van der Waals surface area contributed by atoms with Crippen molar-refractivity contribution in [1.29, 1.82) is 0 Å². The third kappa shape index (κ3) is 4.89. The van der Waals surface area contributed by atoms with Crippen LogP contribution in [-0.4, -0.2) is 14.3 Å². The molecule has 6 heteroatoms. The lowest BCUT2D eigenvalue weighted by molar-refractivity contribution is 0.0935. The number of aryl methyl sites for hydroxylation is 1. The van der Waals surface area contributed by atoms with Crippen molar-refractivity contribution in [3.63, 3.8) is 0 Å². The van der Waals surface area contributed by atoms with Gasteiger partial charge >= 0.3 is 0 Å². The van der Waals surface area contributed by atoms with Gasteiger partial charge in [0.1, 0.15) is 0 Å². The van der Waals surface area contributed by atoms with E-state index in [9.17, 15) is 13.2 Å². The lowest BCUT2D eigenvalue weighted by Crippen LogP contribution is -2.29. The topological polar surface area (TPSA) is 75.3 Å². The summed E-state index contributed by atoms with van der Waals surface area (Å²) in [6.45, 7) is 5.78. The van der Waals surface area contributed by atoms with Crippen LogP contribution in [0.1, 0.15) is 46.4 Å². The third-order valence-corrected chi connectivity index (χ3v) is 6.45. The summed E-state index contributed by atoms with van der Waals surface area (Å²) in [5.41, 5.74) is 3.60. The lowest BCUT2D eigenvalue weighted by atomic mass is 10.0. The smallest absolute Gasteiger partial charge is 0.261 e. The first kappa shape index (κ1) is 21.6. The molecule has 3 rings (SSSR count). The summed E-state index contributed by atoms with van der Waals surface area (Å²) in [7, 11) is -3.73. The summed E-state index contributed by atoms with van der Waals surface area (Å²) in [5.74, 6) is -0.235. The average molecular weight is 423 g/mol. The van der Waals surface area contributed by atoms with E-state index in [-0.39, 0.29) is 16.8 Å². The van der Waals surface area contributed by atoms with Gasteiger partial charge in [-0.15, -0.1) is 0 Å². The van der Waals surface area contributed by atoms with Gasteiger partial charge in [-0.3, -0.25) is 9.52 Å². The highest BCUT2D eigenvalue weighted by molar-refractivity contribution is 7.92. The Morgan fingerprint density at radius 1 is 0.900 bits per heavy atom. The normalized spacial score (nSPS) is 12.2. The molecule has 0 saturated carbocycles. The fourth-order valence-corrected chi connectivity index (χ4v) is 4.40. The van der Waals surface area contributed by atoms with Crippen LogP contribution < -0.4 is 10.0 Å². The minimum absolute atomic E-state index is 0.123. The minimum atomic E-state index is -3.73. The number of sulfonamides is 1. The van der Waals surface area contributed by atoms with Crippen LogP contribution in [0.5, 0.6) is 0 Å². The van der Waals surface area contributed by atoms with Gasteiger partial charge in [-0.1, -0.05) is 61.0 Å². The van der Waals surface area contributed by atoms with Gasteiger partial charge in [0.05, 0.1) is 16.6 Å². The summed E-state index contributed by atoms with van der Waals surface area (Å²) in [6, 6.07) is 21.1. The molecule has 5 nitrogen and oxygen atoms in total. The molecular weight excluding hydrogens is 396 g/mol. The van der Waals surface area contributed by atoms with Crippen LogP contribution >= 0.6 is 0 Å². The Balaban J connectivity index is 1.83. The molecule has 0 heterocycles. The highest BCUT2D eigenvalue weighted by atomic mass is 32.2. The maximum Gasteiger partial charge on any atom is 0.261 e. The largest absolute Gasteiger partial charge is 0.345 e. The molecule has 3 aromatic carbocycles. The van der Waals surface area contributed by atoms with E-state index in [0.29, 0.717) is 16.8 Å². The SMILES string of the molecule is CC[C@H](NC(=O)c1cccc(NS(=O)(=O)c2ccccc2)c1C)c1ccc(C)cc1. The molecule has 0 fully saturated rings. The molecule has 0 spiro atoms. The monoisotopic (exact) mass is 422 g/mol. The van der Waals surface area contributed by atoms with E-state index >= 15 is 0 Å². The molecular formula is C24H26N2O3S. The second-order valence-electron chi connectivity index (χ2n) is 7.24. The first-order valence-corrected chi connectivity index (χ1v) is 11.3. The van der Waals surface area contributed by atoms with Crippen LogP contribution in [0.15, 0.2) is 77.7 Å². The quantitative estimate of drug-likeness (QED) is 0.563. The van der Waals surface area contributed by atoms with Gasteiger partial charge in [-0.05, 0) is 55.7 Å². The first-order chi connectivity index (χ1) is 14.3. The molecule has 0 aliphatic heterocycles. The van der Waals surface area contributed by atoms with Gasteiger partial charge in [0.15, 0.2) is 0 Å². The Morgan fingerprint density at radius 3 is 2.20 bits per heavy atom. The standard InChI is InChI=1S/C24H26N2O3S/c1-4-22(19-15-13-17(2)14-16-19)25-24(27)21-11-8-12-23(18(21)3)26-30(28,29)20-9-6-5-7-10-20/h5-16,22,26H,4H2,1-3H3,(H,25,27)/t22-/m0/s1. The molecule has 1 atom stereocenters. The molecule has 0 unspecified atom stereocenters. The van der Waals surface area contributed by atoms with E-state index in [2.05, 4.69) is 10.0 Å². The molecule has 156 valence electrons. The fourth-order valence-electron chi connectivity index (χ4n) is 3.25. The molecule has 0 saturated heterocycles. The van der Waals surface area contributed by atoms with Gasteiger partial charge in [0, 0.05) is 5.56 Å². The van der Waals surface area contributed by atoms with Crippen molar-refractivity contribution in [3.8, 4) is 0 Å². The highest BCUT2D eigenvalue weighted by Gasteiger charge is 2.19. The Morgan fingerprint density at radius 2 is 1.57 bits per heavy atom. The number of carbonyl (C=O) groups excluding carboxylic acids is 1. The second-order valence-corrected chi connectivity index (χ2v) is 8.92. The molecule has 0 bridgehead atoms. The van der Waals surface area contributed by atoms with Gasteiger partial charge in [0.2, 0.25) is 0 Å². The minimum Gasteiger partial charge on any atom is -0.345 e. The number of anilines is 1. The zero-order valence-electron chi connectivity index (χ0n) is 17.3. The maximum absolute atomic E-state index is 13.0. The van der Waals surface area contributed by atoms with Gasteiger partial charge in [0.25, 0.3) is 15.9 Å². The zero-order valence-corrected chi connectivity index (χ0v) is 18.2. The van der Waals surface area contributed by atoms with Crippen molar-refractivity contribution in [3.05, 3.63) is 95.1 Å². The summed E-state index contributed by atoms with van der Waals surface area (Å²) in [5, 5.41) is 3.07. The Labute approximate surface area is 178 Å². The number of nitrogens with one attached hydrogen (secondary N) is 2. The van der Waals surface area contributed by atoms with Gasteiger partial charge in [-0.25, -0.2) is 8.42 Å². The summed E-state index contributed by atoms with van der Waals surface area (Å²) in [4.78, 5) is 13.1. The lowest BCUT2D eigenvalue weighted by Gasteiger charge is -2.19. The van der Waals surface area contributed by atoms with Crippen molar-refractivity contribution in [2.45, 2.75) is 38.1 Å². The summed E-state index contributed by atoms with van der Waals surface area (Å²) < 4.78 is 27.9. The number of rotatable bonds is 7. The molecule has 0 aliphatic carbocycles. The van der Waals surface area contributed by atoms with E-state index < -0.39 is 10.0 Å². The summed E-state index contributed by atoms with van der Waals surface area (Å²) in [6.07, 6.45) is 0.744. The number of benzene rings is 3. The predicted octanol–water partition coefficient (Wildman–Crippen LogP) is 4.99. The number of hydrogen-bond acceptors (Lipinski definition) is 3. The van der Waals surface area contributed by atoms with E-state index in [4.69, 9.17) is 0 Å². The Bertz CT molecular complexity index is 1120. The van der Waals surface area contributed by atoms with Gasteiger partial charge in [-0.2, -0.15) is 0 Å². The first-order valence-electron chi connectivity index (χ1n) is 9.86. The van der Waals surface area contributed by atoms with E-state index in [1.807, 2.05) is 38.1 Å². The third-order valence-electron chi connectivity index (χ3n) is 5.07. The van der Waals surface area contributed by atoms with Crippen molar-refractivity contribution in [2.24, 2.45) is 0 Å². The van der Waals surface area contributed by atoms with E-state index in [0.717, 1.165) is 17.5 Å². The van der Waals surface area contributed by atoms with Crippen molar-refractivity contribution < 1.29 is 13.2 Å². The second kappa shape index (κ2) is 9.13. The molecule has 3 aromatic rings. The van der Waals surface area contributed by atoms with E-state index in [1.165, 1.54) is 12.1 Å². The number of hydrogen-bond donors (Lipinski definition) is 2. The highest BCUT2D eigenvalue weighted by Crippen LogP contribution is 2.24. The predicted molar refractivity (Wildman–Crippen MR) is 120 cm³/mol. The molecule has 30 heavy (non-hydrogen) atoms. The van der Waals surface area contributed by atoms with Crippen LogP contribution in [0.3, 0.4) is 0 Å². The summed E-state index contributed by atoms with van der Waals surface area (Å²) >= 11 is 0. The van der Waals surface area contributed by atoms with Crippen LogP contribution in [-0.2, 0) is 10.0 Å². The zero-order chi connectivity index (χ0) is 21.7. The van der Waals surface area contributed by atoms with Gasteiger partial charge < -0.3 is 5.32 Å². The van der Waals surface area contributed by atoms with Crippen molar-refractivity contribution >= 4 is 21.6 Å². The molecule has 0 aromatic heterocycles. The molecule has 2 N–H and O–H groups in total. The Hall–Kier alpha value is -3.12. The van der Waals surface area contributed by atoms with Crippen LogP contribution in [0.25, 0.3) is 0 Å². The van der Waals surface area contributed by atoms with Crippen LogP contribution in [0.4, 0.5) is 5.69 Å². The van der Waals surface area contributed by atoms with Crippen molar-refractivity contribution in [2.75, 3.05) is 4.72 Å².